The van der Waals surface area contributed by atoms with Gasteiger partial charge in [-0.25, -0.2) is 0 Å². The summed E-state index contributed by atoms with van der Waals surface area (Å²) in [6.07, 6.45) is 3.04. The summed E-state index contributed by atoms with van der Waals surface area (Å²) < 4.78 is 0. The van der Waals surface area contributed by atoms with Crippen LogP contribution in [0.25, 0.3) is 0 Å². The van der Waals surface area contributed by atoms with Crippen molar-refractivity contribution >= 4 is 0 Å². The van der Waals surface area contributed by atoms with E-state index in [9.17, 15) is 5.11 Å². The van der Waals surface area contributed by atoms with Crippen molar-refractivity contribution in [2.45, 2.75) is 83.2 Å². The molecule has 0 aliphatic heterocycles. The molecule has 1 aromatic carbocycles. The maximum atomic E-state index is 10.4. The molecule has 1 aromatic rings. The molecule has 0 aromatic heterocycles. The molecule has 2 aliphatic carbocycles. The predicted molar refractivity (Wildman–Crippen MR) is 84.3 cm³/mol. The van der Waals surface area contributed by atoms with E-state index in [0.717, 1.165) is 6.42 Å². The van der Waals surface area contributed by atoms with Gasteiger partial charge in [-0.05, 0) is 57.8 Å². The summed E-state index contributed by atoms with van der Waals surface area (Å²) >= 11 is 0. The summed E-state index contributed by atoms with van der Waals surface area (Å²) in [7, 11) is 0. The third-order valence-corrected chi connectivity index (χ3v) is 5.81. The van der Waals surface area contributed by atoms with Gasteiger partial charge in [0.2, 0.25) is 0 Å². The Labute approximate surface area is 123 Å². The lowest BCUT2D eigenvalue weighted by Crippen LogP contribution is -2.34. The van der Waals surface area contributed by atoms with Crippen LogP contribution < -0.4 is 0 Å². The Morgan fingerprint density at radius 3 is 1.85 bits per heavy atom. The van der Waals surface area contributed by atoms with E-state index < -0.39 is 0 Å². The van der Waals surface area contributed by atoms with Gasteiger partial charge in [0.05, 0.1) is 6.10 Å². The minimum atomic E-state index is -0.286. The molecule has 1 atom stereocenters. The smallest absolute Gasteiger partial charge is 0.0801 e. The van der Waals surface area contributed by atoms with Crippen LogP contribution in [0.3, 0.4) is 0 Å². The van der Waals surface area contributed by atoms with E-state index >= 15 is 0 Å². The molecule has 1 heteroatoms. The number of benzene rings is 1. The second-order valence-corrected chi connectivity index (χ2v) is 8.86. The number of aliphatic hydroxyl groups excluding tert-OH is 1. The highest BCUT2D eigenvalue weighted by atomic mass is 16.3. The molecule has 1 N–H and O–H groups in total. The third kappa shape index (κ3) is 1.86. The molecule has 2 aliphatic rings. The molecular formula is C19H28O. The summed E-state index contributed by atoms with van der Waals surface area (Å²) in [6.45, 7) is 13.9. The largest absolute Gasteiger partial charge is 0.388 e. The lowest BCUT2D eigenvalue weighted by Gasteiger charge is -2.42. The summed E-state index contributed by atoms with van der Waals surface area (Å²) in [5.74, 6) is 0. The molecule has 0 saturated carbocycles. The van der Waals surface area contributed by atoms with Crippen molar-refractivity contribution in [1.29, 1.82) is 0 Å². The van der Waals surface area contributed by atoms with Crippen LogP contribution in [0, 0.1) is 0 Å². The fourth-order valence-corrected chi connectivity index (χ4v) is 4.20. The Hall–Kier alpha value is -0.820. The zero-order chi connectivity index (χ0) is 14.9. The minimum absolute atomic E-state index is 0.0987. The Morgan fingerprint density at radius 1 is 0.800 bits per heavy atom. The van der Waals surface area contributed by atoms with Crippen LogP contribution in [0.15, 0.2) is 12.1 Å². The van der Waals surface area contributed by atoms with E-state index in [1.165, 1.54) is 35.1 Å². The first-order valence-corrected chi connectivity index (χ1v) is 7.92. The topological polar surface area (TPSA) is 20.2 Å². The first kappa shape index (κ1) is 14.1. The van der Waals surface area contributed by atoms with Crippen molar-refractivity contribution in [3.05, 3.63) is 34.4 Å². The Kier molecular flexibility index (Phi) is 2.74. The number of rotatable bonds is 0. The summed E-state index contributed by atoms with van der Waals surface area (Å²) in [6, 6.07) is 4.74. The van der Waals surface area contributed by atoms with Crippen molar-refractivity contribution in [2.24, 2.45) is 0 Å². The molecule has 0 bridgehead atoms. The first-order valence-electron chi connectivity index (χ1n) is 7.92. The Bertz CT molecular complexity index is 563. The van der Waals surface area contributed by atoms with Gasteiger partial charge in [-0.2, -0.15) is 0 Å². The lowest BCUT2D eigenvalue weighted by atomic mass is 9.62. The van der Waals surface area contributed by atoms with Crippen LogP contribution in [0.2, 0.25) is 0 Å². The van der Waals surface area contributed by atoms with Crippen LogP contribution in [0.1, 0.15) is 89.2 Å². The highest BCUT2D eigenvalue weighted by Crippen LogP contribution is 2.52. The molecule has 1 nitrogen and oxygen atoms in total. The van der Waals surface area contributed by atoms with Crippen LogP contribution in [0.5, 0.6) is 0 Å². The lowest BCUT2D eigenvalue weighted by molar-refractivity contribution is 0.161. The van der Waals surface area contributed by atoms with E-state index in [0.29, 0.717) is 0 Å². The average Bonchev–Trinajstić information content (AvgIpc) is 2.55. The Balaban J connectivity index is 2.28. The van der Waals surface area contributed by atoms with Gasteiger partial charge in [0, 0.05) is 0 Å². The standard InChI is InChI=1S/C19H28O/c1-17(2)7-8-18(3,4)15-10-13-12(9-14(15)17)16(20)11-19(13,5)6/h9-10,16,20H,7-8,11H2,1-6H3/t16-/m1/s1. The molecule has 0 fully saturated rings. The SMILES string of the molecule is CC1(C)C[C@@H](O)c2cc3c(cc21)C(C)(C)CCC3(C)C. The van der Waals surface area contributed by atoms with Crippen LogP contribution in [-0.2, 0) is 16.2 Å². The molecule has 0 heterocycles. The second-order valence-electron chi connectivity index (χ2n) is 8.86. The summed E-state index contributed by atoms with van der Waals surface area (Å²) in [5, 5.41) is 10.4. The van der Waals surface area contributed by atoms with Gasteiger partial charge in [0.15, 0.2) is 0 Å². The Morgan fingerprint density at radius 2 is 1.30 bits per heavy atom. The van der Waals surface area contributed by atoms with Crippen molar-refractivity contribution < 1.29 is 5.11 Å². The molecule has 3 rings (SSSR count). The zero-order valence-corrected chi connectivity index (χ0v) is 13.8. The van der Waals surface area contributed by atoms with Gasteiger partial charge >= 0.3 is 0 Å². The van der Waals surface area contributed by atoms with Crippen LogP contribution >= 0.6 is 0 Å². The predicted octanol–water partition coefficient (Wildman–Crippen LogP) is 4.75. The molecule has 0 unspecified atom stereocenters. The molecule has 110 valence electrons. The first-order chi connectivity index (χ1) is 9.05. The minimum Gasteiger partial charge on any atom is -0.388 e. The second kappa shape index (κ2) is 3.88. The molecular weight excluding hydrogens is 244 g/mol. The zero-order valence-electron chi connectivity index (χ0n) is 13.8. The van der Waals surface area contributed by atoms with E-state index in [2.05, 4.69) is 53.7 Å². The number of aliphatic hydroxyl groups is 1. The van der Waals surface area contributed by atoms with Crippen molar-refractivity contribution in [3.63, 3.8) is 0 Å². The maximum Gasteiger partial charge on any atom is 0.0801 e. The number of fused-ring (bicyclic) bond motifs is 2. The molecule has 0 radical (unpaired) electrons. The van der Waals surface area contributed by atoms with Gasteiger partial charge in [0.1, 0.15) is 0 Å². The quantitative estimate of drug-likeness (QED) is 0.722. The fraction of sp³-hybridized carbons (Fsp3) is 0.684. The summed E-state index contributed by atoms with van der Waals surface area (Å²) in [4.78, 5) is 0. The van der Waals surface area contributed by atoms with Gasteiger partial charge < -0.3 is 5.11 Å². The van der Waals surface area contributed by atoms with Crippen LogP contribution in [-0.4, -0.2) is 5.11 Å². The van der Waals surface area contributed by atoms with Crippen LogP contribution in [0.4, 0.5) is 0 Å². The number of hydrogen-bond donors (Lipinski definition) is 1. The monoisotopic (exact) mass is 272 g/mol. The average molecular weight is 272 g/mol. The van der Waals surface area contributed by atoms with Gasteiger partial charge in [-0.3, -0.25) is 0 Å². The van der Waals surface area contributed by atoms with Gasteiger partial charge in [-0.15, -0.1) is 0 Å². The maximum absolute atomic E-state index is 10.4. The molecule has 20 heavy (non-hydrogen) atoms. The van der Waals surface area contributed by atoms with E-state index in [4.69, 9.17) is 0 Å². The van der Waals surface area contributed by atoms with E-state index in [1.807, 2.05) is 0 Å². The number of hydrogen-bond acceptors (Lipinski definition) is 1. The van der Waals surface area contributed by atoms with E-state index in [1.54, 1.807) is 0 Å². The highest BCUT2D eigenvalue weighted by molar-refractivity contribution is 5.52. The molecule has 0 saturated heterocycles. The third-order valence-electron chi connectivity index (χ3n) is 5.81. The summed E-state index contributed by atoms with van der Waals surface area (Å²) in [5.41, 5.74) is 6.10. The fourth-order valence-electron chi connectivity index (χ4n) is 4.20. The normalized spacial score (nSPS) is 28.9. The van der Waals surface area contributed by atoms with E-state index in [-0.39, 0.29) is 22.3 Å². The van der Waals surface area contributed by atoms with Crippen molar-refractivity contribution in [3.8, 4) is 0 Å². The van der Waals surface area contributed by atoms with Gasteiger partial charge in [-0.1, -0.05) is 53.7 Å². The molecule has 0 amide bonds. The van der Waals surface area contributed by atoms with Crippen molar-refractivity contribution in [1.82, 2.24) is 0 Å². The van der Waals surface area contributed by atoms with Crippen molar-refractivity contribution in [2.75, 3.05) is 0 Å². The molecule has 0 spiro atoms. The highest BCUT2D eigenvalue weighted by Gasteiger charge is 2.42. The van der Waals surface area contributed by atoms with Gasteiger partial charge in [0.25, 0.3) is 0 Å².